The van der Waals surface area contributed by atoms with Gasteiger partial charge in [-0.25, -0.2) is 0 Å². The second-order valence-electron chi connectivity index (χ2n) is 8.55. The van der Waals surface area contributed by atoms with Crippen LogP contribution in [-0.2, 0) is 5.66 Å². The Hall–Kier alpha value is -5.52. The van der Waals surface area contributed by atoms with Gasteiger partial charge in [-0.3, -0.25) is 19.9 Å². The van der Waals surface area contributed by atoms with Gasteiger partial charge in [-0.1, -0.05) is 12.1 Å². The number of nitrogens with one attached hydrogen (secondary N) is 3. The number of anilines is 6. The van der Waals surface area contributed by atoms with Crippen LogP contribution in [0, 0.1) is 10.1 Å². The molecule has 2 heterocycles. The second kappa shape index (κ2) is 9.85. The molecule has 1 aromatic heterocycles. The highest BCUT2D eigenvalue weighted by Crippen LogP contribution is 2.39. The molecule has 1 atom stereocenters. The molecule has 1 unspecified atom stereocenters. The van der Waals surface area contributed by atoms with Crippen LogP contribution in [0.3, 0.4) is 0 Å². The predicted octanol–water partition coefficient (Wildman–Crippen LogP) is 4.28. The third-order valence-electron chi connectivity index (χ3n) is 5.96. The smallest absolute Gasteiger partial charge is 0.326 e. The fourth-order valence-corrected chi connectivity index (χ4v) is 4.14. The Bertz CT molecular complexity index is 1520. The number of nitrogens with two attached hydrogens (primary N) is 2. The number of aromatic nitrogens is 2. The molecule has 7 N–H and O–H groups in total. The van der Waals surface area contributed by atoms with Crippen molar-refractivity contribution < 1.29 is 9.72 Å². The van der Waals surface area contributed by atoms with Gasteiger partial charge in [0.1, 0.15) is 11.6 Å². The van der Waals surface area contributed by atoms with Crippen molar-refractivity contribution in [3.63, 3.8) is 0 Å². The van der Waals surface area contributed by atoms with Crippen LogP contribution in [0.5, 0.6) is 0 Å². The zero-order valence-electron chi connectivity index (χ0n) is 20.0. The number of hydrogen-bond donors (Lipinski definition) is 5. The van der Waals surface area contributed by atoms with Crippen molar-refractivity contribution in [3.8, 4) is 0 Å². The first-order valence-corrected chi connectivity index (χ1v) is 11.6. The van der Waals surface area contributed by atoms with Gasteiger partial charge in [-0.15, -0.1) is 0 Å². The van der Waals surface area contributed by atoms with Crippen LogP contribution in [0.25, 0.3) is 0 Å². The molecule has 0 bridgehead atoms. The maximum Gasteiger partial charge on any atom is 0.326 e. The fraction of sp³-hybridized carbons (Fsp3) is 0.0769. The first-order chi connectivity index (χ1) is 18.3. The van der Waals surface area contributed by atoms with Gasteiger partial charge in [0.2, 0.25) is 5.95 Å². The summed E-state index contributed by atoms with van der Waals surface area (Å²) in [5.41, 5.74) is 13.0. The van der Waals surface area contributed by atoms with E-state index < -0.39 is 5.66 Å². The number of aliphatic imine (C=N–C) groups is 1. The lowest BCUT2D eigenvalue weighted by atomic mass is 9.92. The lowest BCUT2D eigenvalue weighted by molar-refractivity contribution is -0.568. The van der Waals surface area contributed by atoms with E-state index >= 15 is 0 Å². The number of rotatable bonds is 7. The van der Waals surface area contributed by atoms with Crippen molar-refractivity contribution in [1.82, 2.24) is 9.97 Å². The highest BCUT2D eigenvalue weighted by molar-refractivity contribution is 6.04. The van der Waals surface area contributed by atoms with E-state index in [-0.39, 0.29) is 29.0 Å². The van der Waals surface area contributed by atoms with Crippen LogP contribution in [-0.4, -0.2) is 27.0 Å². The van der Waals surface area contributed by atoms with Crippen LogP contribution in [0.15, 0.2) is 83.9 Å². The van der Waals surface area contributed by atoms with E-state index in [0.717, 1.165) is 0 Å². The van der Waals surface area contributed by atoms with Crippen molar-refractivity contribution in [2.45, 2.75) is 12.1 Å². The van der Waals surface area contributed by atoms with Crippen molar-refractivity contribution in [1.29, 1.82) is 0 Å². The van der Waals surface area contributed by atoms with Gasteiger partial charge in [-0.05, 0) is 60.7 Å². The number of nitro groups is 1. The number of hydrogen-bond acceptors (Lipinski definition) is 10. The SMILES string of the molecule is Nc1cc(Nc2ccc(C(=O)Nc3ccc(NC4([N+](=O)[O-])CC=Nc5ccccc54)cc3)cc2)nc(N)n1. The van der Waals surface area contributed by atoms with Crippen LogP contribution >= 0.6 is 0 Å². The van der Waals surface area contributed by atoms with Gasteiger partial charge < -0.3 is 27.4 Å². The molecule has 190 valence electrons. The summed E-state index contributed by atoms with van der Waals surface area (Å²) in [4.78, 5) is 36.7. The summed E-state index contributed by atoms with van der Waals surface area (Å²) in [6, 6.07) is 22.0. The number of amides is 1. The molecule has 1 aliphatic heterocycles. The number of benzene rings is 3. The fourth-order valence-electron chi connectivity index (χ4n) is 4.14. The topological polar surface area (TPSA) is 186 Å². The number of carbonyl (C=O) groups excluding carboxylic acids is 1. The van der Waals surface area contributed by atoms with Crippen molar-refractivity contribution in [2.75, 3.05) is 27.4 Å². The molecule has 3 aromatic carbocycles. The van der Waals surface area contributed by atoms with Gasteiger partial charge in [0.15, 0.2) is 0 Å². The molecule has 1 amide bonds. The Balaban J connectivity index is 1.25. The molecule has 0 spiro atoms. The van der Waals surface area contributed by atoms with E-state index in [4.69, 9.17) is 11.5 Å². The Morgan fingerprint density at radius 1 is 0.921 bits per heavy atom. The third-order valence-corrected chi connectivity index (χ3v) is 5.96. The molecule has 12 nitrogen and oxygen atoms in total. The van der Waals surface area contributed by atoms with Crippen LogP contribution < -0.4 is 27.4 Å². The minimum Gasteiger partial charge on any atom is -0.383 e. The van der Waals surface area contributed by atoms with Crippen molar-refractivity contribution in [2.24, 2.45) is 4.99 Å². The van der Waals surface area contributed by atoms with E-state index in [1.807, 2.05) is 0 Å². The summed E-state index contributed by atoms with van der Waals surface area (Å²) in [6.07, 6.45) is 1.64. The second-order valence-corrected chi connectivity index (χ2v) is 8.55. The molecular formula is C26H23N9O3. The molecule has 1 aliphatic rings. The molecule has 38 heavy (non-hydrogen) atoms. The van der Waals surface area contributed by atoms with Crippen LogP contribution in [0.1, 0.15) is 22.3 Å². The van der Waals surface area contributed by atoms with Crippen molar-refractivity contribution >= 4 is 52.5 Å². The normalized spacial score (nSPS) is 15.8. The maximum absolute atomic E-state index is 12.7. The van der Waals surface area contributed by atoms with Gasteiger partial charge in [0.25, 0.3) is 5.91 Å². The molecule has 5 rings (SSSR count). The van der Waals surface area contributed by atoms with E-state index in [1.165, 1.54) is 0 Å². The third kappa shape index (κ3) is 4.91. The Morgan fingerprint density at radius 3 is 2.32 bits per heavy atom. The summed E-state index contributed by atoms with van der Waals surface area (Å²) in [6.45, 7) is 0. The van der Waals surface area contributed by atoms with Gasteiger partial charge in [-0.2, -0.15) is 9.97 Å². The number of fused-ring (bicyclic) bond motifs is 1. The predicted molar refractivity (Wildman–Crippen MR) is 146 cm³/mol. The van der Waals surface area contributed by atoms with Gasteiger partial charge in [0, 0.05) is 34.9 Å². The molecule has 0 saturated heterocycles. The summed E-state index contributed by atoms with van der Waals surface area (Å²) in [7, 11) is 0. The zero-order chi connectivity index (χ0) is 26.7. The number of para-hydroxylation sites is 1. The van der Waals surface area contributed by atoms with Crippen molar-refractivity contribution in [3.05, 3.63) is 100 Å². The quantitative estimate of drug-likeness (QED) is 0.138. The molecule has 0 saturated carbocycles. The monoisotopic (exact) mass is 509 g/mol. The Labute approximate surface area is 217 Å². The molecule has 0 fully saturated rings. The first-order valence-electron chi connectivity index (χ1n) is 11.6. The largest absolute Gasteiger partial charge is 0.383 e. The highest BCUT2D eigenvalue weighted by atomic mass is 16.6. The Kier molecular flexibility index (Phi) is 6.27. The average Bonchev–Trinajstić information content (AvgIpc) is 2.90. The minimum absolute atomic E-state index is 0.0515. The zero-order valence-corrected chi connectivity index (χ0v) is 20.0. The molecule has 0 radical (unpaired) electrons. The van der Waals surface area contributed by atoms with Crippen LogP contribution in [0.2, 0.25) is 0 Å². The number of nitrogen functional groups attached to an aromatic ring is 2. The molecule has 12 heteroatoms. The molecule has 4 aromatic rings. The maximum atomic E-state index is 12.7. The number of carbonyl (C=O) groups is 1. The van der Waals surface area contributed by atoms with Gasteiger partial charge >= 0.3 is 5.66 Å². The molecular weight excluding hydrogens is 486 g/mol. The highest BCUT2D eigenvalue weighted by Gasteiger charge is 2.47. The summed E-state index contributed by atoms with van der Waals surface area (Å²) in [5, 5.41) is 21.1. The lowest BCUT2D eigenvalue weighted by Crippen LogP contribution is -2.44. The van der Waals surface area contributed by atoms with E-state index in [9.17, 15) is 14.9 Å². The summed E-state index contributed by atoms with van der Waals surface area (Å²) in [5.74, 6) is 0.412. The van der Waals surface area contributed by atoms with Crippen LogP contribution in [0.4, 0.5) is 40.3 Å². The lowest BCUT2D eigenvalue weighted by Gasteiger charge is -2.29. The summed E-state index contributed by atoms with van der Waals surface area (Å²) < 4.78 is 0. The van der Waals surface area contributed by atoms with E-state index in [0.29, 0.717) is 39.7 Å². The summed E-state index contributed by atoms with van der Waals surface area (Å²) >= 11 is 0. The molecule has 0 aliphatic carbocycles. The average molecular weight is 510 g/mol. The van der Waals surface area contributed by atoms with E-state index in [2.05, 4.69) is 30.9 Å². The standard InChI is InChI=1S/C26H23N9O3/c27-22-15-23(33-25(28)32-22)30-17-7-5-16(6-8-17)24(36)31-18-9-11-19(12-10-18)34-26(35(37)38)13-14-29-21-4-2-1-3-20(21)26/h1-12,14-15,34H,13H2,(H,31,36)(H5,27,28,30,32,33). The Morgan fingerprint density at radius 2 is 1.61 bits per heavy atom. The van der Waals surface area contributed by atoms with Gasteiger partial charge in [0.05, 0.1) is 22.6 Å². The number of nitrogens with zero attached hydrogens (tertiary/aromatic N) is 4. The first kappa shape index (κ1) is 24.2. The van der Waals surface area contributed by atoms with E-state index in [1.54, 1.807) is 85.1 Å². The minimum atomic E-state index is -1.54.